The summed E-state index contributed by atoms with van der Waals surface area (Å²) in [5.41, 5.74) is 4.63. The molecule has 2 aromatic carbocycles. The molecular formula is C26H36OS. The van der Waals surface area contributed by atoms with Gasteiger partial charge in [-0.15, -0.1) is 0 Å². The van der Waals surface area contributed by atoms with E-state index in [0.717, 1.165) is 24.2 Å². The summed E-state index contributed by atoms with van der Waals surface area (Å²) >= 11 is 1.47. The minimum Gasteiger partial charge on any atom is -0.282 e. The van der Waals surface area contributed by atoms with Gasteiger partial charge in [0.2, 0.25) is 5.12 Å². The largest absolute Gasteiger partial charge is 0.282 e. The first-order valence-electron chi connectivity index (χ1n) is 11.1. The molecule has 2 aromatic rings. The van der Waals surface area contributed by atoms with E-state index in [1.807, 2.05) is 12.1 Å². The molecule has 0 N–H and O–H groups in total. The number of carbonyl (C=O) groups excluding carboxylic acids is 1. The molecule has 2 rings (SSSR count). The van der Waals surface area contributed by atoms with E-state index in [1.165, 1.54) is 79.8 Å². The molecule has 2 heteroatoms. The highest BCUT2D eigenvalue weighted by Crippen LogP contribution is 2.23. The molecule has 0 amide bonds. The summed E-state index contributed by atoms with van der Waals surface area (Å²) < 4.78 is 0. The zero-order chi connectivity index (χ0) is 20.0. The minimum atomic E-state index is 0.200. The van der Waals surface area contributed by atoms with Gasteiger partial charge >= 0.3 is 0 Å². The van der Waals surface area contributed by atoms with Gasteiger partial charge in [0.25, 0.3) is 0 Å². The molecule has 0 aliphatic carbocycles. The molecule has 0 heterocycles. The Morgan fingerprint density at radius 2 is 1.21 bits per heavy atom. The predicted octanol–water partition coefficient (Wildman–Crippen LogP) is 8.32. The third kappa shape index (κ3) is 8.22. The molecule has 0 spiro atoms. The van der Waals surface area contributed by atoms with Crippen LogP contribution in [0, 0.1) is 0 Å². The van der Waals surface area contributed by atoms with E-state index in [4.69, 9.17) is 0 Å². The average molecular weight is 397 g/mol. The quantitative estimate of drug-likeness (QED) is 0.317. The standard InChI is InChI=1S/C26H36OS/c1-3-5-7-8-9-11-21-28-26(27)25-19-17-24(18-20-25)23-15-13-22(14-16-23)12-10-6-4-2/h13-20H,3-12,21H2,1-2H3. The predicted molar refractivity (Wildman–Crippen MR) is 125 cm³/mol. The molecule has 0 fully saturated rings. The van der Waals surface area contributed by atoms with E-state index in [-0.39, 0.29) is 5.12 Å². The highest BCUT2D eigenvalue weighted by molar-refractivity contribution is 8.14. The Balaban J connectivity index is 1.78. The lowest BCUT2D eigenvalue weighted by atomic mass is 10.0. The van der Waals surface area contributed by atoms with Crippen molar-refractivity contribution < 1.29 is 4.79 Å². The third-order valence-corrected chi connectivity index (χ3v) is 6.20. The van der Waals surface area contributed by atoms with Crippen LogP contribution in [0.2, 0.25) is 0 Å². The van der Waals surface area contributed by atoms with Crippen LogP contribution >= 0.6 is 11.8 Å². The van der Waals surface area contributed by atoms with Crippen LogP contribution in [0.4, 0.5) is 0 Å². The van der Waals surface area contributed by atoms with Crippen LogP contribution in [-0.4, -0.2) is 10.9 Å². The zero-order valence-electron chi connectivity index (χ0n) is 17.7. The van der Waals surface area contributed by atoms with E-state index in [2.05, 4.69) is 50.2 Å². The van der Waals surface area contributed by atoms with Gasteiger partial charge in [-0.2, -0.15) is 0 Å². The maximum atomic E-state index is 12.4. The van der Waals surface area contributed by atoms with Crippen LogP contribution in [0.3, 0.4) is 0 Å². The number of carbonyl (C=O) groups is 1. The molecule has 0 saturated heterocycles. The number of aryl methyl sites for hydroxylation is 1. The van der Waals surface area contributed by atoms with Crippen LogP contribution < -0.4 is 0 Å². The molecule has 0 radical (unpaired) electrons. The van der Waals surface area contributed by atoms with E-state index in [9.17, 15) is 4.79 Å². The van der Waals surface area contributed by atoms with Crippen molar-refractivity contribution in [2.75, 3.05) is 5.75 Å². The van der Waals surface area contributed by atoms with Crippen molar-refractivity contribution in [2.24, 2.45) is 0 Å². The second-order valence-corrected chi connectivity index (χ2v) is 8.70. The van der Waals surface area contributed by atoms with Crippen molar-refractivity contribution in [3.8, 4) is 11.1 Å². The Labute approximate surface area is 176 Å². The molecule has 152 valence electrons. The Kier molecular flexibility index (Phi) is 11.1. The van der Waals surface area contributed by atoms with Gasteiger partial charge in [-0.3, -0.25) is 4.79 Å². The Hall–Kier alpha value is -1.54. The lowest BCUT2D eigenvalue weighted by Crippen LogP contribution is -1.95. The van der Waals surface area contributed by atoms with Crippen LogP contribution in [0.15, 0.2) is 48.5 Å². The van der Waals surface area contributed by atoms with Gasteiger partial charge in [-0.1, -0.05) is 107 Å². The second-order valence-electron chi connectivity index (χ2n) is 7.64. The van der Waals surface area contributed by atoms with Crippen molar-refractivity contribution in [2.45, 2.75) is 78.1 Å². The van der Waals surface area contributed by atoms with Gasteiger partial charge in [0.1, 0.15) is 0 Å². The Morgan fingerprint density at radius 3 is 1.86 bits per heavy atom. The van der Waals surface area contributed by atoms with Gasteiger partial charge in [0.15, 0.2) is 0 Å². The molecule has 0 saturated carbocycles. The first-order chi connectivity index (χ1) is 13.7. The highest BCUT2D eigenvalue weighted by atomic mass is 32.2. The van der Waals surface area contributed by atoms with Crippen molar-refractivity contribution in [3.05, 3.63) is 59.7 Å². The van der Waals surface area contributed by atoms with Crippen molar-refractivity contribution >= 4 is 16.9 Å². The fraction of sp³-hybridized carbons (Fsp3) is 0.500. The van der Waals surface area contributed by atoms with Crippen LogP contribution in [0.25, 0.3) is 11.1 Å². The van der Waals surface area contributed by atoms with Gasteiger partial charge in [-0.05, 0) is 48.1 Å². The lowest BCUT2D eigenvalue weighted by molar-refractivity contribution is 0.108. The van der Waals surface area contributed by atoms with Crippen molar-refractivity contribution in [1.29, 1.82) is 0 Å². The van der Waals surface area contributed by atoms with Gasteiger partial charge in [0, 0.05) is 11.3 Å². The summed E-state index contributed by atoms with van der Waals surface area (Å²) in [7, 11) is 0. The second kappa shape index (κ2) is 13.6. The molecule has 1 nitrogen and oxygen atoms in total. The summed E-state index contributed by atoms with van der Waals surface area (Å²) in [6, 6.07) is 17.0. The molecule has 28 heavy (non-hydrogen) atoms. The maximum Gasteiger partial charge on any atom is 0.219 e. The monoisotopic (exact) mass is 396 g/mol. The van der Waals surface area contributed by atoms with Crippen LogP contribution in [0.1, 0.15) is 87.6 Å². The smallest absolute Gasteiger partial charge is 0.219 e. The number of hydrogen-bond donors (Lipinski definition) is 0. The summed E-state index contributed by atoms with van der Waals surface area (Å²) in [6.07, 6.45) is 12.6. The Morgan fingerprint density at radius 1 is 0.679 bits per heavy atom. The topological polar surface area (TPSA) is 17.1 Å². The number of rotatable bonds is 13. The third-order valence-electron chi connectivity index (χ3n) is 5.21. The van der Waals surface area contributed by atoms with E-state index < -0.39 is 0 Å². The number of unbranched alkanes of at least 4 members (excludes halogenated alkanes) is 7. The van der Waals surface area contributed by atoms with E-state index >= 15 is 0 Å². The van der Waals surface area contributed by atoms with Crippen LogP contribution in [-0.2, 0) is 6.42 Å². The number of hydrogen-bond acceptors (Lipinski definition) is 2. The van der Waals surface area contributed by atoms with Gasteiger partial charge in [0.05, 0.1) is 0 Å². The molecule has 0 aromatic heterocycles. The van der Waals surface area contributed by atoms with Crippen LogP contribution in [0.5, 0.6) is 0 Å². The Bertz CT molecular complexity index is 673. The maximum absolute atomic E-state index is 12.4. The average Bonchev–Trinajstić information content (AvgIpc) is 2.74. The summed E-state index contributed by atoms with van der Waals surface area (Å²) in [5.74, 6) is 0.937. The van der Waals surface area contributed by atoms with Crippen molar-refractivity contribution in [1.82, 2.24) is 0 Å². The fourth-order valence-corrected chi connectivity index (χ4v) is 4.21. The SMILES string of the molecule is CCCCCCCCSC(=O)c1ccc(-c2ccc(CCCCC)cc2)cc1. The zero-order valence-corrected chi connectivity index (χ0v) is 18.5. The normalized spacial score (nSPS) is 10.9. The van der Waals surface area contributed by atoms with Gasteiger partial charge < -0.3 is 0 Å². The molecule has 0 aliphatic heterocycles. The fourth-order valence-electron chi connectivity index (χ4n) is 3.37. The number of thioether (sulfide) groups is 1. The molecule has 0 bridgehead atoms. The minimum absolute atomic E-state index is 0.200. The highest BCUT2D eigenvalue weighted by Gasteiger charge is 2.07. The lowest BCUT2D eigenvalue weighted by Gasteiger charge is -2.06. The van der Waals surface area contributed by atoms with Gasteiger partial charge in [-0.25, -0.2) is 0 Å². The molecular weight excluding hydrogens is 360 g/mol. The first kappa shape index (κ1) is 22.7. The van der Waals surface area contributed by atoms with E-state index in [1.54, 1.807) is 0 Å². The summed E-state index contributed by atoms with van der Waals surface area (Å²) in [6.45, 7) is 4.48. The first-order valence-corrected chi connectivity index (χ1v) is 12.1. The van der Waals surface area contributed by atoms with E-state index in [0.29, 0.717) is 0 Å². The summed E-state index contributed by atoms with van der Waals surface area (Å²) in [5, 5.41) is 0.200. The molecule has 0 unspecified atom stereocenters. The van der Waals surface area contributed by atoms with Crippen molar-refractivity contribution in [3.63, 3.8) is 0 Å². The molecule has 0 aliphatic rings. The molecule has 0 atom stereocenters. The summed E-state index contributed by atoms with van der Waals surface area (Å²) in [4.78, 5) is 12.4. The number of benzene rings is 2.